The third-order valence-corrected chi connectivity index (χ3v) is 5.67. The van der Waals surface area contributed by atoms with Crippen molar-refractivity contribution in [1.82, 2.24) is 10.4 Å². The van der Waals surface area contributed by atoms with Gasteiger partial charge >= 0.3 is 0 Å². The third kappa shape index (κ3) is 4.56. The highest BCUT2D eigenvalue weighted by Crippen LogP contribution is 2.31. The highest BCUT2D eigenvalue weighted by atomic mass is 32.2. The lowest BCUT2D eigenvalue weighted by Gasteiger charge is -2.14. The molecule has 2 aromatic carbocycles. The van der Waals surface area contributed by atoms with Gasteiger partial charge in [0.05, 0.1) is 40.3 Å². The quantitative estimate of drug-likeness (QED) is 0.270. The second-order valence-electron chi connectivity index (χ2n) is 5.35. The van der Waals surface area contributed by atoms with Gasteiger partial charge in [-0.3, -0.25) is 14.9 Å². The van der Waals surface area contributed by atoms with Gasteiger partial charge in [-0.15, -0.1) is 11.3 Å². The summed E-state index contributed by atoms with van der Waals surface area (Å²) in [6, 6.07) is 9.77. The molecule has 0 aliphatic rings. The Morgan fingerprint density at radius 3 is 2.93 bits per heavy atom. The van der Waals surface area contributed by atoms with Crippen LogP contribution in [-0.4, -0.2) is 34.9 Å². The topological polar surface area (TPSA) is 130 Å². The monoisotopic (exact) mass is 417 g/mol. The summed E-state index contributed by atoms with van der Waals surface area (Å²) in [6.07, 6.45) is 1.05. The Morgan fingerprint density at radius 1 is 1.43 bits per heavy atom. The minimum Gasteiger partial charge on any atom is -0.870 e. The molecule has 1 N–H and O–H groups in total. The van der Waals surface area contributed by atoms with E-state index in [2.05, 4.69) is 15.5 Å². The van der Waals surface area contributed by atoms with Gasteiger partial charge in [0.2, 0.25) is 0 Å². The Morgan fingerprint density at radius 2 is 2.21 bits per heavy atom. The van der Waals surface area contributed by atoms with Crippen molar-refractivity contribution in [3.63, 3.8) is 0 Å². The van der Waals surface area contributed by atoms with Crippen LogP contribution in [0.15, 0.2) is 45.8 Å². The fourth-order valence-corrected chi connectivity index (χ4v) is 4.07. The standard InChI is InChI=1S/C17H14N4O5S2/c1-26-13-7-11(21(24)25)6-10(16(13)23)8-18-20-15(22)9-27-17-19-12-4-2-3-5-14(12)28-17/h2-8,23H,9H2,1H3,(H,20,22)/p-1/b18-8-. The van der Waals surface area contributed by atoms with E-state index in [1.54, 1.807) is 0 Å². The maximum Gasteiger partial charge on any atom is 0.273 e. The molecule has 0 saturated carbocycles. The first-order valence-corrected chi connectivity index (χ1v) is 9.62. The summed E-state index contributed by atoms with van der Waals surface area (Å²) in [7, 11) is 1.24. The van der Waals surface area contributed by atoms with Gasteiger partial charge in [0, 0.05) is 6.07 Å². The number of aromatic nitrogens is 1. The molecule has 0 atom stereocenters. The summed E-state index contributed by atoms with van der Waals surface area (Å²) in [5, 5.41) is 26.7. The van der Waals surface area contributed by atoms with Crippen LogP contribution < -0.4 is 15.3 Å². The number of thiazole rings is 1. The number of non-ortho nitro benzene ring substituents is 1. The molecule has 1 heterocycles. The molecule has 1 amide bonds. The number of nitro groups is 1. The SMILES string of the molecule is COc1cc([N+](=O)[O-])cc(/C=N\NC(=O)CSc2nc3ccccc3s2)c1[O-]. The van der Waals surface area contributed by atoms with E-state index in [1.165, 1.54) is 30.2 Å². The van der Waals surface area contributed by atoms with Gasteiger partial charge in [-0.05, 0) is 17.7 Å². The molecule has 144 valence electrons. The molecular weight excluding hydrogens is 404 g/mol. The van der Waals surface area contributed by atoms with Gasteiger partial charge in [0.1, 0.15) is 5.75 Å². The molecule has 0 bridgehead atoms. The van der Waals surface area contributed by atoms with E-state index in [9.17, 15) is 20.0 Å². The molecule has 0 saturated heterocycles. The summed E-state index contributed by atoms with van der Waals surface area (Å²) in [5.41, 5.74) is 2.78. The number of methoxy groups -OCH3 is 1. The second kappa shape index (κ2) is 8.67. The number of carbonyl (C=O) groups excluding carboxylic acids is 1. The number of hydrogen-bond acceptors (Lipinski definition) is 9. The van der Waals surface area contributed by atoms with Crippen molar-refractivity contribution in [3.05, 3.63) is 52.1 Å². The average Bonchev–Trinajstić information content (AvgIpc) is 3.10. The van der Waals surface area contributed by atoms with Crippen LogP contribution in [0.2, 0.25) is 0 Å². The molecule has 3 aromatic rings. The lowest BCUT2D eigenvalue weighted by molar-refractivity contribution is -0.385. The van der Waals surface area contributed by atoms with Crippen molar-refractivity contribution in [3.8, 4) is 11.5 Å². The summed E-state index contributed by atoms with van der Waals surface area (Å²) in [4.78, 5) is 26.6. The molecule has 0 spiro atoms. The molecule has 11 heteroatoms. The lowest BCUT2D eigenvalue weighted by atomic mass is 10.2. The van der Waals surface area contributed by atoms with Gasteiger partial charge in [0.25, 0.3) is 11.6 Å². The zero-order valence-corrected chi connectivity index (χ0v) is 16.1. The van der Waals surface area contributed by atoms with Crippen LogP contribution in [0.25, 0.3) is 10.2 Å². The number of rotatable bonds is 7. The van der Waals surface area contributed by atoms with Gasteiger partial charge in [0.15, 0.2) is 4.34 Å². The Kier molecular flexibility index (Phi) is 6.06. The predicted octanol–water partition coefficient (Wildman–Crippen LogP) is 2.53. The van der Waals surface area contributed by atoms with Crippen LogP contribution >= 0.6 is 23.1 Å². The van der Waals surface area contributed by atoms with E-state index in [0.29, 0.717) is 0 Å². The summed E-state index contributed by atoms with van der Waals surface area (Å²) in [6.45, 7) is 0. The predicted molar refractivity (Wildman–Crippen MR) is 105 cm³/mol. The number of ether oxygens (including phenoxy) is 1. The zero-order chi connectivity index (χ0) is 20.1. The number of carbonyl (C=O) groups is 1. The van der Waals surface area contributed by atoms with E-state index in [4.69, 9.17) is 4.74 Å². The molecule has 9 nitrogen and oxygen atoms in total. The van der Waals surface area contributed by atoms with E-state index < -0.39 is 16.6 Å². The van der Waals surface area contributed by atoms with E-state index in [-0.39, 0.29) is 22.8 Å². The van der Waals surface area contributed by atoms with Crippen LogP contribution in [0, 0.1) is 10.1 Å². The molecule has 1 aromatic heterocycles. The number of thioether (sulfide) groups is 1. The fourth-order valence-electron chi connectivity index (χ4n) is 2.21. The first kappa shape index (κ1) is 19.6. The van der Waals surface area contributed by atoms with Gasteiger partial charge < -0.3 is 9.84 Å². The molecule has 0 aliphatic carbocycles. The highest BCUT2D eigenvalue weighted by molar-refractivity contribution is 8.01. The van der Waals surface area contributed by atoms with Gasteiger partial charge in [-0.2, -0.15) is 5.10 Å². The maximum atomic E-state index is 12.1. The number of fused-ring (bicyclic) bond motifs is 1. The Balaban J connectivity index is 1.61. The van der Waals surface area contributed by atoms with Crippen LogP contribution in [-0.2, 0) is 4.79 Å². The molecule has 3 rings (SSSR count). The number of nitro benzene ring substituents is 1. The first-order chi connectivity index (χ1) is 13.5. The average molecular weight is 417 g/mol. The van der Waals surface area contributed by atoms with Crippen molar-refractivity contribution >= 4 is 51.1 Å². The Labute approximate surface area is 167 Å². The molecule has 0 aliphatic heterocycles. The highest BCUT2D eigenvalue weighted by Gasteiger charge is 2.11. The van der Waals surface area contributed by atoms with Crippen LogP contribution in [0.1, 0.15) is 5.56 Å². The largest absolute Gasteiger partial charge is 0.870 e. The zero-order valence-electron chi connectivity index (χ0n) is 14.4. The van der Waals surface area contributed by atoms with Gasteiger partial charge in [-0.25, -0.2) is 10.4 Å². The van der Waals surface area contributed by atoms with Crippen molar-refractivity contribution in [1.29, 1.82) is 0 Å². The number of hydrogen-bond donors (Lipinski definition) is 1. The van der Waals surface area contributed by atoms with Crippen LogP contribution in [0.5, 0.6) is 11.5 Å². The summed E-state index contributed by atoms with van der Waals surface area (Å²) < 4.78 is 6.63. The van der Waals surface area contributed by atoms with Crippen molar-refractivity contribution in [2.45, 2.75) is 4.34 Å². The molecule has 28 heavy (non-hydrogen) atoms. The first-order valence-electron chi connectivity index (χ1n) is 7.81. The van der Waals surface area contributed by atoms with Crippen LogP contribution in [0.3, 0.4) is 0 Å². The van der Waals surface area contributed by atoms with E-state index in [0.717, 1.165) is 32.9 Å². The fraction of sp³-hybridized carbons (Fsp3) is 0.118. The summed E-state index contributed by atoms with van der Waals surface area (Å²) >= 11 is 2.75. The maximum absolute atomic E-state index is 12.1. The Hall–Kier alpha value is -3.18. The van der Waals surface area contributed by atoms with Gasteiger partial charge in [-0.1, -0.05) is 29.6 Å². The third-order valence-electron chi connectivity index (χ3n) is 3.49. The molecule has 0 unspecified atom stereocenters. The minimum atomic E-state index is -0.646. The molecule has 0 fully saturated rings. The number of nitrogens with one attached hydrogen (secondary N) is 1. The number of hydrazone groups is 1. The molecular formula is C17H13N4O5S2-. The smallest absolute Gasteiger partial charge is 0.273 e. The van der Waals surface area contributed by atoms with E-state index >= 15 is 0 Å². The number of nitrogens with zero attached hydrogens (tertiary/aromatic N) is 3. The number of amides is 1. The van der Waals surface area contributed by atoms with E-state index in [1.807, 2.05) is 24.3 Å². The lowest BCUT2D eigenvalue weighted by Crippen LogP contribution is -2.19. The molecule has 0 radical (unpaired) electrons. The minimum absolute atomic E-state index is 0.0647. The second-order valence-corrected chi connectivity index (χ2v) is 7.61. The number of para-hydroxylation sites is 1. The van der Waals surface area contributed by atoms with Crippen molar-refractivity contribution < 1.29 is 19.6 Å². The number of benzene rings is 2. The van der Waals surface area contributed by atoms with Crippen molar-refractivity contribution in [2.24, 2.45) is 5.10 Å². The normalized spacial score (nSPS) is 11.0. The Bertz CT molecular complexity index is 1030. The summed E-state index contributed by atoms with van der Waals surface area (Å²) in [5.74, 6) is -1.05. The van der Waals surface area contributed by atoms with Crippen LogP contribution in [0.4, 0.5) is 5.69 Å². The van der Waals surface area contributed by atoms with Crippen molar-refractivity contribution in [2.75, 3.05) is 12.9 Å².